The van der Waals surface area contributed by atoms with Crippen LogP contribution in [-0.2, 0) is 0 Å². The minimum atomic E-state index is -0.380. The number of carbonyl (C=O) groups excluding carboxylic acids is 2. The molecule has 4 rings (SSSR count). The molecule has 0 saturated carbocycles. The second-order valence-corrected chi connectivity index (χ2v) is 5.68. The fourth-order valence-electron chi connectivity index (χ4n) is 3.12. The standard InChI is InChI=1S/C19H12O4/c1-9-6-7-12-13(16(9)20)8-14-15(19(12)23)18(22)11-5-3-2-4-10(11)17(14)21/h2-8,20,23H,1H3. The number of hydrogen-bond donors (Lipinski definition) is 2. The maximum absolute atomic E-state index is 12.7. The van der Waals surface area contributed by atoms with E-state index in [9.17, 15) is 19.8 Å². The van der Waals surface area contributed by atoms with Gasteiger partial charge < -0.3 is 10.2 Å². The Bertz CT molecular complexity index is 1030. The molecule has 0 aromatic heterocycles. The second kappa shape index (κ2) is 4.43. The number of rotatable bonds is 0. The molecule has 0 saturated heterocycles. The minimum absolute atomic E-state index is 0.000271. The third-order valence-corrected chi connectivity index (χ3v) is 4.36. The fourth-order valence-corrected chi connectivity index (χ4v) is 3.12. The molecule has 0 unspecified atom stereocenters. The molecule has 1 aliphatic rings. The van der Waals surface area contributed by atoms with Crippen molar-refractivity contribution in [1.29, 1.82) is 0 Å². The van der Waals surface area contributed by atoms with Crippen molar-refractivity contribution in [2.45, 2.75) is 6.92 Å². The molecule has 0 bridgehead atoms. The summed E-state index contributed by atoms with van der Waals surface area (Å²) in [6.45, 7) is 1.73. The van der Waals surface area contributed by atoms with E-state index in [2.05, 4.69) is 0 Å². The summed E-state index contributed by atoms with van der Waals surface area (Å²) in [5.41, 5.74) is 1.36. The van der Waals surface area contributed by atoms with Crippen LogP contribution in [0.4, 0.5) is 0 Å². The lowest BCUT2D eigenvalue weighted by Gasteiger charge is -2.20. The molecule has 3 aromatic carbocycles. The van der Waals surface area contributed by atoms with Gasteiger partial charge in [0.15, 0.2) is 11.6 Å². The summed E-state index contributed by atoms with van der Waals surface area (Å²) in [5, 5.41) is 21.5. The second-order valence-electron chi connectivity index (χ2n) is 5.68. The molecular weight excluding hydrogens is 292 g/mol. The molecule has 3 aromatic rings. The monoisotopic (exact) mass is 304 g/mol. The number of carbonyl (C=O) groups is 2. The summed E-state index contributed by atoms with van der Waals surface area (Å²) < 4.78 is 0. The van der Waals surface area contributed by atoms with Gasteiger partial charge in [0, 0.05) is 27.5 Å². The Hall–Kier alpha value is -3.14. The average Bonchev–Trinajstić information content (AvgIpc) is 2.56. The minimum Gasteiger partial charge on any atom is -0.507 e. The molecule has 0 heterocycles. The van der Waals surface area contributed by atoms with Gasteiger partial charge >= 0.3 is 0 Å². The highest BCUT2D eigenvalue weighted by Crippen LogP contribution is 2.41. The highest BCUT2D eigenvalue weighted by molar-refractivity contribution is 6.31. The Morgan fingerprint density at radius 3 is 2.09 bits per heavy atom. The first kappa shape index (κ1) is 13.5. The van der Waals surface area contributed by atoms with Crippen molar-refractivity contribution in [2.75, 3.05) is 0 Å². The normalized spacial score (nSPS) is 13.1. The maximum Gasteiger partial charge on any atom is 0.198 e. The summed E-state index contributed by atoms with van der Waals surface area (Å²) in [4.78, 5) is 25.4. The number of phenols is 2. The van der Waals surface area contributed by atoms with E-state index in [1.807, 2.05) is 0 Å². The van der Waals surface area contributed by atoms with E-state index in [-0.39, 0.29) is 39.8 Å². The van der Waals surface area contributed by atoms with E-state index in [4.69, 9.17) is 0 Å². The molecule has 1 aliphatic carbocycles. The van der Waals surface area contributed by atoms with Crippen molar-refractivity contribution in [2.24, 2.45) is 0 Å². The molecule has 0 amide bonds. The van der Waals surface area contributed by atoms with E-state index >= 15 is 0 Å². The SMILES string of the molecule is Cc1ccc2c(O)c3c(cc2c1O)C(=O)c1ccccc1C3=O. The van der Waals surface area contributed by atoms with Crippen molar-refractivity contribution in [1.82, 2.24) is 0 Å². The third-order valence-electron chi connectivity index (χ3n) is 4.36. The molecule has 112 valence electrons. The molecule has 0 spiro atoms. The van der Waals surface area contributed by atoms with Crippen LogP contribution in [0.15, 0.2) is 42.5 Å². The summed E-state index contributed by atoms with van der Waals surface area (Å²) in [5.74, 6) is -0.969. The predicted molar refractivity (Wildman–Crippen MR) is 85.3 cm³/mol. The van der Waals surface area contributed by atoms with Gasteiger partial charge in [0.25, 0.3) is 0 Å². The van der Waals surface area contributed by atoms with Gasteiger partial charge in [-0.2, -0.15) is 0 Å². The molecule has 4 heteroatoms. The molecule has 0 radical (unpaired) electrons. The van der Waals surface area contributed by atoms with Gasteiger partial charge in [0.2, 0.25) is 0 Å². The Morgan fingerprint density at radius 2 is 1.39 bits per heavy atom. The highest BCUT2D eigenvalue weighted by atomic mass is 16.3. The number of aryl methyl sites for hydroxylation is 1. The number of phenolic OH excluding ortho intramolecular Hbond substituents is 2. The van der Waals surface area contributed by atoms with Crippen LogP contribution in [0.25, 0.3) is 10.8 Å². The van der Waals surface area contributed by atoms with E-state index in [0.717, 1.165) is 0 Å². The highest BCUT2D eigenvalue weighted by Gasteiger charge is 2.33. The van der Waals surface area contributed by atoms with Crippen LogP contribution in [0, 0.1) is 6.92 Å². The Labute approximate surface area is 131 Å². The van der Waals surface area contributed by atoms with Crippen molar-refractivity contribution in [3.8, 4) is 11.5 Å². The Morgan fingerprint density at radius 1 is 0.739 bits per heavy atom. The van der Waals surface area contributed by atoms with Crippen molar-refractivity contribution in [3.63, 3.8) is 0 Å². The summed E-state index contributed by atoms with van der Waals surface area (Å²) in [6.07, 6.45) is 0. The molecular formula is C19H12O4. The van der Waals surface area contributed by atoms with Crippen molar-refractivity contribution in [3.05, 3.63) is 70.3 Å². The first-order chi connectivity index (χ1) is 11.0. The quantitative estimate of drug-likeness (QED) is 0.522. The number of benzene rings is 3. The van der Waals surface area contributed by atoms with Crippen LogP contribution >= 0.6 is 0 Å². The summed E-state index contributed by atoms with van der Waals surface area (Å²) in [6, 6.07) is 11.3. The van der Waals surface area contributed by atoms with E-state index in [0.29, 0.717) is 21.9 Å². The van der Waals surface area contributed by atoms with Crippen LogP contribution in [0.2, 0.25) is 0 Å². The van der Waals surface area contributed by atoms with Crippen LogP contribution in [0.1, 0.15) is 37.4 Å². The topological polar surface area (TPSA) is 74.6 Å². The van der Waals surface area contributed by atoms with E-state index in [1.54, 1.807) is 43.3 Å². The van der Waals surface area contributed by atoms with E-state index in [1.165, 1.54) is 6.07 Å². The van der Waals surface area contributed by atoms with Crippen LogP contribution < -0.4 is 0 Å². The van der Waals surface area contributed by atoms with Crippen molar-refractivity contribution >= 4 is 22.3 Å². The molecule has 0 aliphatic heterocycles. The van der Waals surface area contributed by atoms with Crippen LogP contribution in [0.5, 0.6) is 11.5 Å². The lowest BCUT2D eigenvalue weighted by atomic mass is 9.82. The van der Waals surface area contributed by atoms with E-state index < -0.39 is 0 Å². The smallest absolute Gasteiger partial charge is 0.198 e. The summed E-state index contributed by atoms with van der Waals surface area (Å²) in [7, 11) is 0. The molecule has 2 N–H and O–H groups in total. The van der Waals surface area contributed by atoms with Gasteiger partial charge in [-0.3, -0.25) is 9.59 Å². The van der Waals surface area contributed by atoms with Crippen LogP contribution in [-0.4, -0.2) is 21.8 Å². The largest absolute Gasteiger partial charge is 0.507 e. The Balaban J connectivity index is 2.15. The zero-order chi connectivity index (χ0) is 16.3. The summed E-state index contributed by atoms with van der Waals surface area (Å²) >= 11 is 0. The average molecular weight is 304 g/mol. The van der Waals surface area contributed by atoms with Crippen molar-refractivity contribution < 1.29 is 19.8 Å². The maximum atomic E-state index is 12.7. The number of aromatic hydroxyl groups is 2. The Kier molecular flexibility index (Phi) is 2.60. The first-order valence-electron chi connectivity index (χ1n) is 7.17. The lowest BCUT2D eigenvalue weighted by molar-refractivity contribution is 0.0977. The van der Waals surface area contributed by atoms with Gasteiger partial charge in [-0.25, -0.2) is 0 Å². The molecule has 4 nitrogen and oxygen atoms in total. The fraction of sp³-hybridized carbons (Fsp3) is 0.0526. The number of fused-ring (bicyclic) bond motifs is 3. The van der Waals surface area contributed by atoms with Gasteiger partial charge in [0.1, 0.15) is 11.5 Å². The number of hydrogen-bond acceptors (Lipinski definition) is 4. The van der Waals surface area contributed by atoms with Gasteiger partial charge in [-0.1, -0.05) is 36.4 Å². The lowest BCUT2D eigenvalue weighted by Crippen LogP contribution is -2.21. The zero-order valence-corrected chi connectivity index (χ0v) is 12.3. The number of ketones is 2. The van der Waals surface area contributed by atoms with Gasteiger partial charge in [-0.05, 0) is 18.6 Å². The van der Waals surface area contributed by atoms with Gasteiger partial charge in [0.05, 0.1) is 5.56 Å². The van der Waals surface area contributed by atoms with Gasteiger partial charge in [-0.15, -0.1) is 0 Å². The molecule has 23 heavy (non-hydrogen) atoms. The molecule has 0 atom stereocenters. The first-order valence-corrected chi connectivity index (χ1v) is 7.17. The molecule has 0 fully saturated rings. The zero-order valence-electron chi connectivity index (χ0n) is 12.3. The predicted octanol–water partition coefficient (Wildman–Crippen LogP) is 3.33. The van der Waals surface area contributed by atoms with Crippen LogP contribution in [0.3, 0.4) is 0 Å². The third kappa shape index (κ3) is 1.66.